The Morgan fingerprint density at radius 1 is 0.583 bits per heavy atom. The van der Waals surface area contributed by atoms with E-state index < -0.39 is 6.10 Å². The van der Waals surface area contributed by atoms with E-state index in [4.69, 9.17) is 9.47 Å². The van der Waals surface area contributed by atoms with Gasteiger partial charge in [-0.1, -0.05) is 166 Å². The summed E-state index contributed by atoms with van der Waals surface area (Å²) in [5.74, 6) is -0.416. The molecule has 1 aromatic carbocycles. The van der Waals surface area contributed by atoms with Crippen molar-refractivity contribution < 1.29 is 19.1 Å². The molecule has 5 heteroatoms. The first kappa shape index (κ1) is 43.5. The Hall–Kier alpha value is -2.56. The Labute approximate surface area is 296 Å². The van der Waals surface area contributed by atoms with Crippen molar-refractivity contribution >= 4 is 17.6 Å². The molecule has 0 heterocycles. The van der Waals surface area contributed by atoms with Crippen LogP contribution in [-0.2, 0) is 19.1 Å². The lowest BCUT2D eigenvalue weighted by atomic mass is 10.0. The van der Waals surface area contributed by atoms with E-state index in [2.05, 4.69) is 43.5 Å². The molecule has 1 unspecified atom stereocenters. The fraction of sp³-hybridized carbons (Fsp3) is 0.721. The molecule has 274 valence electrons. The molecule has 1 N–H and O–H groups in total. The van der Waals surface area contributed by atoms with Crippen molar-refractivity contribution in [2.75, 3.05) is 18.5 Å². The number of anilines is 1. The predicted octanol–water partition coefficient (Wildman–Crippen LogP) is 12.8. The quantitative estimate of drug-likeness (QED) is 0.0450. The van der Waals surface area contributed by atoms with Crippen molar-refractivity contribution in [2.24, 2.45) is 0 Å². The molecule has 0 amide bonds. The fourth-order valence-electron chi connectivity index (χ4n) is 5.79. The van der Waals surface area contributed by atoms with Gasteiger partial charge in [0.25, 0.3) is 0 Å². The number of unbranched alkanes of at least 4 members (excludes halogenated alkanes) is 20. The number of benzene rings is 1. The van der Waals surface area contributed by atoms with E-state index in [1.165, 1.54) is 109 Å². The number of esters is 2. The molecule has 0 spiro atoms. The third-order valence-corrected chi connectivity index (χ3v) is 8.85. The zero-order valence-electron chi connectivity index (χ0n) is 31.2. The largest absolute Gasteiger partial charge is 0.462 e. The van der Waals surface area contributed by atoms with E-state index in [0.29, 0.717) is 19.4 Å². The van der Waals surface area contributed by atoms with Gasteiger partial charge in [-0.3, -0.25) is 9.59 Å². The highest BCUT2D eigenvalue weighted by Crippen LogP contribution is 2.14. The monoisotopic (exact) mass is 668 g/mol. The van der Waals surface area contributed by atoms with Crippen LogP contribution in [0.15, 0.2) is 54.6 Å². The minimum absolute atomic E-state index is 0.0883. The molecule has 0 saturated carbocycles. The summed E-state index contributed by atoms with van der Waals surface area (Å²) < 4.78 is 11.3. The maximum atomic E-state index is 12.6. The van der Waals surface area contributed by atoms with Crippen LogP contribution in [0.5, 0.6) is 0 Å². The van der Waals surface area contributed by atoms with Crippen molar-refractivity contribution in [3.05, 3.63) is 54.6 Å². The second-order valence-corrected chi connectivity index (χ2v) is 13.5. The Bertz CT molecular complexity index is 913. The van der Waals surface area contributed by atoms with Gasteiger partial charge in [-0.2, -0.15) is 0 Å². The maximum Gasteiger partial charge on any atom is 0.306 e. The summed E-state index contributed by atoms with van der Waals surface area (Å²) in [5.41, 5.74) is 0.950. The van der Waals surface area contributed by atoms with E-state index in [0.717, 1.165) is 50.6 Å². The first-order valence-corrected chi connectivity index (χ1v) is 20.1. The van der Waals surface area contributed by atoms with Crippen molar-refractivity contribution in [3.8, 4) is 0 Å². The molecule has 0 saturated heterocycles. The van der Waals surface area contributed by atoms with Crippen LogP contribution in [0.4, 0.5) is 5.69 Å². The molecule has 0 aliphatic heterocycles. The highest BCUT2D eigenvalue weighted by atomic mass is 16.6. The number of rotatable bonds is 34. The first-order chi connectivity index (χ1) is 23.7. The number of carbonyl (C=O) groups is 2. The molecule has 48 heavy (non-hydrogen) atoms. The second kappa shape index (κ2) is 34.3. The van der Waals surface area contributed by atoms with E-state index in [1.807, 2.05) is 30.3 Å². The lowest BCUT2D eigenvalue weighted by molar-refractivity contribution is -0.158. The number of ether oxygens (including phenoxy) is 2. The summed E-state index contributed by atoms with van der Waals surface area (Å²) in [6.45, 7) is 5.00. The van der Waals surface area contributed by atoms with Gasteiger partial charge in [-0.05, 0) is 57.1 Å². The minimum Gasteiger partial charge on any atom is -0.462 e. The van der Waals surface area contributed by atoms with Crippen LogP contribution in [-0.4, -0.2) is 31.2 Å². The molecule has 0 fully saturated rings. The van der Waals surface area contributed by atoms with Crippen LogP contribution in [0.25, 0.3) is 0 Å². The number of para-hydroxylation sites is 1. The Balaban J connectivity index is 2.17. The summed E-state index contributed by atoms with van der Waals surface area (Å²) in [7, 11) is 0. The maximum absolute atomic E-state index is 12.6. The average Bonchev–Trinajstić information content (AvgIpc) is 3.10. The molecular weight excluding hydrogens is 594 g/mol. The highest BCUT2D eigenvalue weighted by molar-refractivity contribution is 5.70. The Morgan fingerprint density at radius 3 is 1.60 bits per heavy atom. The van der Waals surface area contributed by atoms with Crippen molar-refractivity contribution in [1.29, 1.82) is 0 Å². The molecule has 1 atom stereocenters. The van der Waals surface area contributed by atoms with Crippen LogP contribution in [0.2, 0.25) is 0 Å². The van der Waals surface area contributed by atoms with Crippen LogP contribution in [0, 0.1) is 0 Å². The number of nitrogens with one attached hydrogen (secondary N) is 1. The molecule has 0 aromatic heterocycles. The predicted molar refractivity (Wildman–Crippen MR) is 205 cm³/mol. The summed E-state index contributed by atoms with van der Waals surface area (Å²) in [4.78, 5) is 25.1. The molecule has 0 aliphatic rings. The molecule has 1 rings (SSSR count). The van der Waals surface area contributed by atoms with Crippen molar-refractivity contribution in [1.82, 2.24) is 0 Å². The lowest BCUT2D eigenvalue weighted by Gasteiger charge is -2.19. The van der Waals surface area contributed by atoms with Gasteiger partial charge in [-0.15, -0.1) is 0 Å². The van der Waals surface area contributed by atoms with Gasteiger partial charge in [0.15, 0.2) is 6.10 Å². The van der Waals surface area contributed by atoms with Gasteiger partial charge in [0, 0.05) is 18.5 Å². The number of allylic oxidation sites excluding steroid dienone is 4. The van der Waals surface area contributed by atoms with Crippen LogP contribution >= 0.6 is 0 Å². The molecule has 1 aromatic rings. The number of hydrogen-bond acceptors (Lipinski definition) is 5. The normalized spacial score (nSPS) is 12.1. The lowest BCUT2D eigenvalue weighted by Crippen LogP contribution is -2.31. The van der Waals surface area contributed by atoms with Gasteiger partial charge in [0.2, 0.25) is 0 Å². The smallest absolute Gasteiger partial charge is 0.306 e. The molecular formula is C43H73NO4. The van der Waals surface area contributed by atoms with E-state index in [1.54, 1.807) is 0 Å². The standard InChI is InChI=1S/C43H73NO4/c1-3-5-7-9-11-13-15-17-18-20-22-24-26-28-33-37-43(46)48-41(38-44-40-34-30-29-31-35-40)39-47-42(45)36-32-27-25-23-21-19-16-14-12-10-8-6-4-2/h11,13,17-18,29-31,34-35,41,44H,3-10,12,14-16,19-28,32-33,36-39H2,1-2H3. The minimum atomic E-state index is -0.508. The number of hydrogen-bond donors (Lipinski definition) is 1. The second-order valence-electron chi connectivity index (χ2n) is 13.5. The van der Waals surface area contributed by atoms with Gasteiger partial charge < -0.3 is 14.8 Å². The van der Waals surface area contributed by atoms with E-state index in [-0.39, 0.29) is 18.5 Å². The topological polar surface area (TPSA) is 64.6 Å². The SMILES string of the molecule is CCCCCC=CCC=CCCCCCCCC(=O)OC(CNc1ccccc1)COC(=O)CCCCCCCCCCCCCCC. The van der Waals surface area contributed by atoms with Crippen LogP contribution in [0.3, 0.4) is 0 Å². The van der Waals surface area contributed by atoms with Gasteiger partial charge in [-0.25, -0.2) is 0 Å². The Kier molecular flexibility index (Phi) is 31.1. The van der Waals surface area contributed by atoms with E-state index in [9.17, 15) is 9.59 Å². The molecule has 5 nitrogen and oxygen atoms in total. The third kappa shape index (κ3) is 29.6. The van der Waals surface area contributed by atoms with Gasteiger partial charge in [0.05, 0.1) is 6.54 Å². The first-order valence-electron chi connectivity index (χ1n) is 20.1. The Morgan fingerprint density at radius 2 is 1.04 bits per heavy atom. The van der Waals surface area contributed by atoms with Crippen LogP contribution in [0.1, 0.15) is 181 Å². The van der Waals surface area contributed by atoms with Crippen molar-refractivity contribution in [2.45, 2.75) is 187 Å². The van der Waals surface area contributed by atoms with Crippen molar-refractivity contribution in [3.63, 3.8) is 0 Å². The van der Waals surface area contributed by atoms with Gasteiger partial charge >= 0.3 is 11.9 Å². The average molecular weight is 668 g/mol. The number of carbonyl (C=O) groups excluding carboxylic acids is 2. The van der Waals surface area contributed by atoms with E-state index >= 15 is 0 Å². The molecule has 0 bridgehead atoms. The summed E-state index contributed by atoms with van der Waals surface area (Å²) >= 11 is 0. The molecule has 0 aliphatic carbocycles. The summed E-state index contributed by atoms with van der Waals surface area (Å²) in [6.07, 6.45) is 38.7. The third-order valence-electron chi connectivity index (χ3n) is 8.85. The molecule has 0 radical (unpaired) electrons. The fourth-order valence-corrected chi connectivity index (χ4v) is 5.79. The van der Waals surface area contributed by atoms with Gasteiger partial charge in [0.1, 0.15) is 6.61 Å². The zero-order chi connectivity index (χ0) is 34.6. The summed E-state index contributed by atoms with van der Waals surface area (Å²) in [5, 5.41) is 3.31. The zero-order valence-corrected chi connectivity index (χ0v) is 31.2. The highest BCUT2D eigenvalue weighted by Gasteiger charge is 2.17. The summed E-state index contributed by atoms with van der Waals surface area (Å²) in [6, 6.07) is 9.84. The van der Waals surface area contributed by atoms with Crippen LogP contribution < -0.4 is 5.32 Å².